The normalized spacial score (nSPS) is 12.3. The molecule has 0 aliphatic heterocycles. The number of aliphatic hydroxyl groups excluding tert-OH is 1. The highest BCUT2D eigenvalue weighted by Gasteiger charge is 2.15. The standard InChI is InChI=1S/C18H21N3O2S/c1-3-13(9-22)21-17-16-15(10-24-18(16)20-11-19-17)12-5-7-14(8-6-12)23-4-2/h5-8,10-11,13,22H,3-4,9H2,1-2H3,(H,19,20,21). The molecule has 5 nitrogen and oxygen atoms in total. The lowest BCUT2D eigenvalue weighted by Gasteiger charge is -2.15. The van der Waals surface area contributed by atoms with E-state index in [4.69, 9.17) is 4.74 Å². The second kappa shape index (κ2) is 7.59. The van der Waals surface area contributed by atoms with Gasteiger partial charge < -0.3 is 15.2 Å². The maximum atomic E-state index is 9.46. The number of hydrogen-bond acceptors (Lipinski definition) is 6. The van der Waals surface area contributed by atoms with E-state index in [1.807, 2.05) is 38.1 Å². The van der Waals surface area contributed by atoms with E-state index >= 15 is 0 Å². The van der Waals surface area contributed by atoms with Crippen LogP contribution in [0, 0.1) is 0 Å². The van der Waals surface area contributed by atoms with Gasteiger partial charge in [-0.25, -0.2) is 9.97 Å². The molecular formula is C18H21N3O2S. The second-order valence-electron chi connectivity index (χ2n) is 5.44. The first-order chi connectivity index (χ1) is 11.8. The minimum absolute atomic E-state index is 0.0174. The molecule has 0 bridgehead atoms. The van der Waals surface area contributed by atoms with E-state index < -0.39 is 0 Å². The van der Waals surface area contributed by atoms with Crippen molar-refractivity contribution < 1.29 is 9.84 Å². The lowest BCUT2D eigenvalue weighted by molar-refractivity contribution is 0.271. The predicted molar refractivity (Wildman–Crippen MR) is 98.8 cm³/mol. The van der Waals surface area contributed by atoms with Gasteiger partial charge >= 0.3 is 0 Å². The highest BCUT2D eigenvalue weighted by atomic mass is 32.1. The van der Waals surface area contributed by atoms with Crippen molar-refractivity contribution >= 4 is 27.4 Å². The molecule has 0 saturated carbocycles. The van der Waals surface area contributed by atoms with Crippen LogP contribution in [-0.2, 0) is 0 Å². The van der Waals surface area contributed by atoms with Crippen LogP contribution in [0.2, 0.25) is 0 Å². The van der Waals surface area contributed by atoms with Crippen molar-refractivity contribution in [3.63, 3.8) is 0 Å². The van der Waals surface area contributed by atoms with Gasteiger partial charge in [0.25, 0.3) is 0 Å². The van der Waals surface area contributed by atoms with Crippen molar-refractivity contribution in [2.45, 2.75) is 26.3 Å². The number of nitrogens with one attached hydrogen (secondary N) is 1. The van der Waals surface area contributed by atoms with E-state index in [0.717, 1.165) is 39.3 Å². The molecular weight excluding hydrogens is 322 g/mol. The largest absolute Gasteiger partial charge is 0.494 e. The summed E-state index contributed by atoms with van der Waals surface area (Å²) in [5, 5.41) is 15.9. The number of thiophene rings is 1. The average Bonchev–Trinajstić information content (AvgIpc) is 3.05. The molecule has 3 aromatic rings. The van der Waals surface area contributed by atoms with Crippen LogP contribution < -0.4 is 10.1 Å². The Balaban J connectivity index is 2.02. The molecule has 1 aromatic carbocycles. The van der Waals surface area contributed by atoms with Crippen LogP contribution in [0.4, 0.5) is 5.82 Å². The van der Waals surface area contributed by atoms with E-state index in [0.29, 0.717) is 6.61 Å². The van der Waals surface area contributed by atoms with Gasteiger partial charge in [0.05, 0.1) is 24.6 Å². The Kier molecular flexibility index (Phi) is 5.27. The van der Waals surface area contributed by atoms with E-state index in [1.54, 1.807) is 17.7 Å². The fraction of sp³-hybridized carbons (Fsp3) is 0.333. The number of benzene rings is 1. The number of nitrogens with zero attached hydrogens (tertiary/aromatic N) is 2. The van der Waals surface area contributed by atoms with Crippen LogP contribution >= 0.6 is 11.3 Å². The van der Waals surface area contributed by atoms with Crippen LogP contribution in [-0.4, -0.2) is 34.3 Å². The molecule has 0 fully saturated rings. The number of ether oxygens (including phenoxy) is 1. The number of aliphatic hydroxyl groups is 1. The van der Waals surface area contributed by atoms with Crippen LogP contribution in [0.25, 0.3) is 21.3 Å². The molecule has 0 aliphatic rings. The molecule has 1 atom stereocenters. The summed E-state index contributed by atoms with van der Waals surface area (Å²) in [6.45, 7) is 4.74. The Hall–Kier alpha value is -2.18. The smallest absolute Gasteiger partial charge is 0.139 e. The van der Waals surface area contributed by atoms with Crippen molar-refractivity contribution in [1.82, 2.24) is 9.97 Å². The van der Waals surface area contributed by atoms with E-state index in [2.05, 4.69) is 20.7 Å². The monoisotopic (exact) mass is 343 g/mol. The Morgan fingerprint density at radius 3 is 2.67 bits per heavy atom. The molecule has 6 heteroatoms. The summed E-state index contributed by atoms with van der Waals surface area (Å²) >= 11 is 1.59. The molecule has 0 spiro atoms. The number of hydrogen-bond donors (Lipinski definition) is 2. The van der Waals surface area contributed by atoms with Crippen molar-refractivity contribution in [2.24, 2.45) is 0 Å². The van der Waals surface area contributed by atoms with Gasteiger partial charge in [-0.2, -0.15) is 0 Å². The molecule has 0 saturated heterocycles. The number of fused-ring (bicyclic) bond motifs is 1. The van der Waals surface area contributed by atoms with Gasteiger partial charge in [0, 0.05) is 10.9 Å². The first-order valence-electron chi connectivity index (χ1n) is 8.09. The highest BCUT2D eigenvalue weighted by molar-refractivity contribution is 7.17. The lowest BCUT2D eigenvalue weighted by atomic mass is 10.1. The zero-order chi connectivity index (χ0) is 16.9. The quantitative estimate of drug-likeness (QED) is 0.680. The molecule has 2 aromatic heterocycles. The van der Waals surface area contributed by atoms with Crippen molar-refractivity contribution in [1.29, 1.82) is 0 Å². The maximum absolute atomic E-state index is 9.46. The van der Waals surface area contributed by atoms with Crippen LogP contribution in [0.3, 0.4) is 0 Å². The fourth-order valence-corrected chi connectivity index (χ4v) is 3.48. The fourth-order valence-electron chi connectivity index (χ4n) is 2.56. The van der Waals surface area contributed by atoms with Crippen molar-refractivity contribution in [3.8, 4) is 16.9 Å². The van der Waals surface area contributed by atoms with Gasteiger partial charge in [0.15, 0.2) is 0 Å². The summed E-state index contributed by atoms with van der Waals surface area (Å²) in [5.74, 6) is 1.63. The summed E-state index contributed by atoms with van der Waals surface area (Å²) in [6, 6.07) is 8.03. The third-order valence-electron chi connectivity index (χ3n) is 3.90. The molecule has 0 amide bonds. The SMILES string of the molecule is CCOc1ccc(-c2csc3ncnc(NC(CC)CO)c23)cc1. The zero-order valence-electron chi connectivity index (χ0n) is 13.8. The van der Waals surface area contributed by atoms with Crippen molar-refractivity contribution in [2.75, 3.05) is 18.5 Å². The molecule has 3 rings (SSSR count). The third kappa shape index (κ3) is 3.34. The Bertz CT molecular complexity index is 798. The number of anilines is 1. The minimum Gasteiger partial charge on any atom is -0.494 e. The van der Waals surface area contributed by atoms with E-state index in [9.17, 15) is 5.11 Å². The number of rotatable bonds is 7. The molecule has 0 aliphatic carbocycles. The number of aromatic nitrogens is 2. The van der Waals surface area contributed by atoms with Gasteiger partial charge in [-0.1, -0.05) is 19.1 Å². The average molecular weight is 343 g/mol. The van der Waals surface area contributed by atoms with Crippen LogP contribution in [0.5, 0.6) is 5.75 Å². The minimum atomic E-state index is -0.0174. The first-order valence-corrected chi connectivity index (χ1v) is 8.97. The third-order valence-corrected chi connectivity index (χ3v) is 4.79. The molecule has 1 unspecified atom stereocenters. The summed E-state index contributed by atoms with van der Waals surface area (Å²) < 4.78 is 5.51. The summed E-state index contributed by atoms with van der Waals surface area (Å²) in [6.07, 6.45) is 2.39. The Labute approximate surface area is 145 Å². The molecule has 126 valence electrons. The second-order valence-corrected chi connectivity index (χ2v) is 6.30. The maximum Gasteiger partial charge on any atom is 0.139 e. The predicted octanol–water partition coefficient (Wildman–Crippen LogP) is 3.94. The van der Waals surface area contributed by atoms with Crippen LogP contribution in [0.15, 0.2) is 36.0 Å². The van der Waals surface area contributed by atoms with E-state index in [1.165, 1.54) is 0 Å². The molecule has 24 heavy (non-hydrogen) atoms. The Morgan fingerprint density at radius 1 is 1.21 bits per heavy atom. The molecule has 2 heterocycles. The van der Waals surface area contributed by atoms with Gasteiger partial charge in [0.2, 0.25) is 0 Å². The van der Waals surface area contributed by atoms with Gasteiger partial charge in [0.1, 0.15) is 22.7 Å². The first kappa shape index (κ1) is 16.7. The van der Waals surface area contributed by atoms with Crippen molar-refractivity contribution in [3.05, 3.63) is 36.0 Å². The summed E-state index contributed by atoms with van der Waals surface area (Å²) in [5.41, 5.74) is 2.19. The highest BCUT2D eigenvalue weighted by Crippen LogP contribution is 2.37. The van der Waals surface area contributed by atoms with Gasteiger partial charge in [-0.15, -0.1) is 11.3 Å². The molecule has 0 radical (unpaired) electrons. The molecule has 2 N–H and O–H groups in total. The topological polar surface area (TPSA) is 67.3 Å². The van der Waals surface area contributed by atoms with Gasteiger partial charge in [-0.05, 0) is 31.0 Å². The zero-order valence-corrected chi connectivity index (χ0v) is 14.6. The van der Waals surface area contributed by atoms with Gasteiger partial charge in [-0.3, -0.25) is 0 Å². The van der Waals surface area contributed by atoms with E-state index in [-0.39, 0.29) is 12.6 Å². The van der Waals surface area contributed by atoms with Crippen LogP contribution in [0.1, 0.15) is 20.3 Å². The Morgan fingerprint density at radius 2 is 2.00 bits per heavy atom. The summed E-state index contributed by atoms with van der Waals surface area (Å²) in [7, 11) is 0. The summed E-state index contributed by atoms with van der Waals surface area (Å²) in [4.78, 5) is 9.71. The lowest BCUT2D eigenvalue weighted by Crippen LogP contribution is -2.23.